The lowest BCUT2D eigenvalue weighted by Crippen LogP contribution is -2.26. The van der Waals surface area contributed by atoms with Crippen molar-refractivity contribution in [3.8, 4) is 34.1 Å². The van der Waals surface area contributed by atoms with Gasteiger partial charge in [-0.05, 0) is 58.0 Å². The third-order valence-electron chi connectivity index (χ3n) is 7.07. The highest BCUT2D eigenvalue weighted by molar-refractivity contribution is 6.31. The fraction of sp³-hybridized carbons (Fsp3) is 0.115. The van der Waals surface area contributed by atoms with E-state index in [0.717, 1.165) is 22.4 Å². The average molecular weight is 538 g/mol. The number of tetrazole rings is 1. The van der Waals surface area contributed by atoms with Gasteiger partial charge in [0.2, 0.25) is 5.88 Å². The lowest BCUT2D eigenvalue weighted by atomic mass is 10.0. The number of ether oxygens (including phenoxy) is 1. The molecule has 0 spiro atoms. The summed E-state index contributed by atoms with van der Waals surface area (Å²) in [4.78, 5) is 37.6. The zero-order chi connectivity index (χ0) is 26.2. The van der Waals surface area contributed by atoms with Gasteiger partial charge >= 0.3 is 0 Å². The van der Waals surface area contributed by atoms with Crippen LogP contribution in [0.2, 0.25) is 5.02 Å². The highest BCUT2D eigenvalue weighted by atomic mass is 35.5. The van der Waals surface area contributed by atoms with Crippen molar-refractivity contribution in [2.45, 2.75) is 12.0 Å². The van der Waals surface area contributed by atoms with Gasteiger partial charge in [-0.1, -0.05) is 17.7 Å². The van der Waals surface area contributed by atoms with Gasteiger partial charge in [-0.3, -0.25) is 14.2 Å². The highest BCUT2D eigenvalue weighted by Crippen LogP contribution is 2.54. The van der Waals surface area contributed by atoms with E-state index in [4.69, 9.17) is 16.3 Å². The molecule has 12 nitrogen and oxygen atoms in total. The first kappa shape index (κ1) is 21.9. The summed E-state index contributed by atoms with van der Waals surface area (Å²) in [6.45, 7) is -0.0800. The predicted molar refractivity (Wildman–Crippen MR) is 139 cm³/mol. The van der Waals surface area contributed by atoms with Crippen LogP contribution in [0.4, 0.5) is 5.69 Å². The second-order valence-electron chi connectivity index (χ2n) is 9.41. The molecule has 5 aromatic rings. The molecule has 0 fully saturated rings. The minimum absolute atomic E-state index is 0.0609. The number of aromatic nitrogens is 8. The standard InChI is InChI=1S/C26H16ClN9O3/c27-13-1-4-20(35-11-29-33-34-35)14(7-13)12-5-21-15-8-16(15)24(36(21)23(38)6-12)25-28-9-19(31-25)17-2-3-18-26(32-17)39-10-22(37)30-18/h1-9,11,15,24H,10H2,(H,28,31)(H,30,37). The number of aromatic amines is 1. The van der Waals surface area contributed by atoms with Crippen LogP contribution in [0.15, 0.2) is 71.4 Å². The number of H-pyrrole nitrogens is 1. The Morgan fingerprint density at radius 3 is 2.90 bits per heavy atom. The molecule has 3 aliphatic rings. The Kier molecular flexibility index (Phi) is 4.47. The number of benzene rings is 1. The number of rotatable bonds is 4. The van der Waals surface area contributed by atoms with Crippen LogP contribution in [0, 0.1) is 0 Å². The maximum atomic E-state index is 13.6. The molecule has 0 saturated heterocycles. The van der Waals surface area contributed by atoms with E-state index in [1.54, 1.807) is 41.1 Å². The molecule has 1 aliphatic carbocycles. The fourth-order valence-electron chi connectivity index (χ4n) is 5.30. The van der Waals surface area contributed by atoms with Crippen molar-refractivity contribution in [2.24, 2.45) is 0 Å². The molecule has 0 saturated carbocycles. The van der Waals surface area contributed by atoms with E-state index in [1.165, 1.54) is 11.0 Å². The number of allylic oxidation sites excluding steroid dienone is 2. The number of anilines is 1. The lowest BCUT2D eigenvalue weighted by molar-refractivity contribution is -0.118. The molecule has 0 radical (unpaired) electrons. The molecule has 2 unspecified atom stereocenters. The van der Waals surface area contributed by atoms with Crippen LogP contribution < -0.4 is 15.6 Å². The Hall–Kier alpha value is -5.10. The van der Waals surface area contributed by atoms with Gasteiger partial charge in [0.15, 0.2) is 6.61 Å². The fourth-order valence-corrected chi connectivity index (χ4v) is 5.47. The molecule has 1 amide bonds. The largest absolute Gasteiger partial charge is 0.466 e. The molecule has 13 heteroatoms. The van der Waals surface area contributed by atoms with Crippen LogP contribution in [-0.4, -0.2) is 52.2 Å². The number of halogens is 1. The Morgan fingerprint density at radius 1 is 1.10 bits per heavy atom. The summed E-state index contributed by atoms with van der Waals surface area (Å²) in [5.41, 5.74) is 5.84. The number of amides is 1. The van der Waals surface area contributed by atoms with Crippen molar-refractivity contribution < 1.29 is 9.53 Å². The van der Waals surface area contributed by atoms with Crippen LogP contribution in [-0.2, 0) is 4.79 Å². The minimum atomic E-state index is -0.341. The smallest absolute Gasteiger partial charge is 0.262 e. The van der Waals surface area contributed by atoms with Gasteiger partial charge in [-0.15, -0.1) is 5.10 Å². The monoisotopic (exact) mass is 537 g/mol. The van der Waals surface area contributed by atoms with E-state index in [0.29, 0.717) is 39.5 Å². The topological polar surface area (TPSA) is 146 Å². The summed E-state index contributed by atoms with van der Waals surface area (Å²) in [5.74, 6) is 0.831. The third kappa shape index (κ3) is 3.42. The van der Waals surface area contributed by atoms with Crippen molar-refractivity contribution in [1.29, 1.82) is 0 Å². The summed E-state index contributed by atoms with van der Waals surface area (Å²) in [6.07, 6.45) is 5.32. The number of carbonyl (C=O) groups excluding carboxylic acids is 1. The quantitative estimate of drug-likeness (QED) is 0.333. The van der Waals surface area contributed by atoms with E-state index in [1.807, 2.05) is 12.1 Å². The van der Waals surface area contributed by atoms with E-state index in [-0.39, 0.29) is 30.0 Å². The molecule has 8 rings (SSSR count). The van der Waals surface area contributed by atoms with Gasteiger partial charge in [-0.2, -0.15) is 4.68 Å². The molecular formula is C26H16ClN9O3. The number of imidazole rings is 1. The summed E-state index contributed by atoms with van der Waals surface area (Å²) < 4.78 is 8.75. The maximum absolute atomic E-state index is 13.6. The average Bonchev–Trinajstić information content (AvgIpc) is 3.28. The second-order valence-corrected chi connectivity index (χ2v) is 9.84. The molecule has 190 valence electrons. The van der Waals surface area contributed by atoms with Crippen LogP contribution >= 0.6 is 11.6 Å². The second kappa shape index (κ2) is 7.95. The van der Waals surface area contributed by atoms with Gasteiger partial charge in [0.25, 0.3) is 11.5 Å². The van der Waals surface area contributed by atoms with Gasteiger partial charge in [0.05, 0.1) is 23.3 Å². The molecule has 4 aromatic heterocycles. The molecule has 2 N–H and O–H groups in total. The normalized spacial score (nSPS) is 18.5. The minimum Gasteiger partial charge on any atom is -0.466 e. The first-order valence-electron chi connectivity index (χ1n) is 12.0. The summed E-state index contributed by atoms with van der Waals surface area (Å²) in [6, 6.07) is 12.2. The number of hydrogen-bond donors (Lipinski definition) is 2. The van der Waals surface area contributed by atoms with E-state index in [9.17, 15) is 9.59 Å². The molecule has 39 heavy (non-hydrogen) atoms. The van der Waals surface area contributed by atoms with Crippen molar-refractivity contribution in [3.05, 3.63) is 93.5 Å². The summed E-state index contributed by atoms with van der Waals surface area (Å²) >= 11 is 6.33. The number of carbonyl (C=O) groups is 1. The Bertz CT molecular complexity index is 1930. The predicted octanol–water partition coefficient (Wildman–Crippen LogP) is 2.89. The summed E-state index contributed by atoms with van der Waals surface area (Å²) in [7, 11) is 0. The van der Waals surface area contributed by atoms with Crippen LogP contribution in [0.5, 0.6) is 5.88 Å². The zero-order valence-electron chi connectivity index (χ0n) is 19.9. The van der Waals surface area contributed by atoms with Crippen LogP contribution in [0.25, 0.3) is 28.2 Å². The third-order valence-corrected chi connectivity index (χ3v) is 7.30. The van der Waals surface area contributed by atoms with Crippen molar-refractivity contribution in [3.63, 3.8) is 0 Å². The first-order valence-corrected chi connectivity index (χ1v) is 12.4. The molecule has 2 aliphatic heterocycles. The highest BCUT2D eigenvalue weighted by Gasteiger charge is 2.46. The molecule has 6 heterocycles. The van der Waals surface area contributed by atoms with E-state index < -0.39 is 0 Å². The Labute approximate surface area is 223 Å². The number of pyridine rings is 2. The van der Waals surface area contributed by atoms with Gasteiger partial charge in [-0.25, -0.2) is 9.97 Å². The van der Waals surface area contributed by atoms with Crippen LogP contribution in [0.3, 0.4) is 0 Å². The van der Waals surface area contributed by atoms with Gasteiger partial charge < -0.3 is 15.0 Å². The maximum Gasteiger partial charge on any atom is 0.262 e. The lowest BCUT2D eigenvalue weighted by Gasteiger charge is -2.17. The molecule has 1 aromatic carbocycles. The van der Waals surface area contributed by atoms with Crippen molar-refractivity contribution >= 4 is 23.2 Å². The Balaban J connectivity index is 1.17. The SMILES string of the molecule is O=C1COc2nc(-c3cnc(C4C5=CC5c5cc(-c6cc(Cl)ccc6-n6cnnn6)cc(=O)n54)[nH]3)ccc2N1. The van der Waals surface area contributed by atoms with Crippen molar-refractivity contribution in [1.82, 2.24) is 39.7 Å². The van der Waals surface area contributed by atoms with E-state index >= 15 is 0 Å². The zero-order valence-corrected chi connectivity index (χ0v) is 20.6. The number of nitrogens with zero attached hydrogens (tertiary/aromatic N) is 7. The van der Waals surface area contributed by atoms with Crippen molar-refractivity contribution in [2.75, 3.05) is 11.9 Å². The first-order chi connectivity index (χ1) is 19.0. The molecule has 2 atom stereocenters. The number of fused-ring (bicyclic) bond motifs is 4. The molecule has 0 bridgehead atoms. The van der Waals surface area contributed by atoms with Gasteiger partial charge in [0, 0.05) is 28.3 Å². The van der Waals surface area contributed by atoms with Gasteiger partial charge in [0.1, 0.15) is 23.9 Å². The Morgan fingerprint density at radius 2 is 2.03 bits per heavy atom. The number of hydrogen-bond acceptors (Lipinski definition) is 8. The van der Waals surface area contributed by atoms with E-state index in [2.05, 4.69) is 41.9 Å². The summed E-state index contributed by atoms with van der Waals surface area (Å²) in [5, 5.41) is 14.7. The number of nitrogens with one attached hydrogen (secondary N) is 2. The molecular weight excluding hydrogens is 522 g/mol. The van der Waals surface area contributed by atoms with Crippen LogP contribution in [0.1, 0.15) is 23.5 Å².